The molecule has 3 rings (SSSR count). The minimum Gasteiger partial charge on any atom is -0.339 e. The van der Waals surface area contributed by atoms with Crippen LogP contribution in [-0.4, -0.2) is 29.7 Å². The van der Waals surface area contributed by atoms with Crippen LogP contribution in [0.5, 0.6) is 0 Å². The Labute approximate surface area is 147 Å². The van der Waals surface area contributed by atoms with E-state index in [1.165, 1.54) is 6.42 Å². The van der Waals surface area contributed by atoms with Gasteiger partial charge in [-0.1, -0.05) is 41.9 Å². The van der Waals surface area contributed by atoms with E-state index in [1.807, 2.05) is 29.2 Å². The average molecular weight is 342 g/mol. The maximum absolute atomic E-state index is 12.8. The highest BCUT2D eigenvalue weighted by Crippen LogP contribution is 2.19. The lowest BCUT2D eigenvalue weighted by atomic mass is 9.97. The summed E-state index contributed by atoms with van der Waals surface area (Å²) in [5.74, 6) is -0.0759. The van der Waals surface area contributed by atoms with Crippen LogP contribution in [0, 0.1) is 0 Å². The van der Waals surface area contributed by atoms with Crippen molar-refractivity contribution in [1.29, 1.82) is 0 Å². The van der Waals surface area contributed by atoms with Crippen molar-refractivity contribution < 1.29 is 9.59 Å². The Bertz CT molecular complexity index is 734. The highest BCUT2D eigenvalue weighted by molar-refractivity contribution is 6.30. The molecule has 0 bridgehead atoms. The van der Waals surface area contributed by atoms with Crippen LogP contribution in [0.3, 0.4) is 0 Å². The SMILES string of the molecule is O=C(Cc1ccc(Cl)cc1)c1ccccc1C(=O)N1CCCCC1. The van der Waals surface area contributed by atoms with Crippen LogP contribution in [-0.2, 0) is 6.42 Å². The maximum atomic E-state index is 12.8. The third-order valence-electron chi connectivity index (χ3n) is 4.38. The fourth-order valence-corrected chi connectivity index (χ4v) is 3.19. The highest BCUT2D eigenvalue weighted by Gasteiger charge is 2.22. The first-order chi connectivity index (χ1) is 11.6. The Morgan fingerprint density at radius 3 is 2.17 bits per heavy atom. The third kappa shape index (κ3) is 3.85. The fraction of sp³-hybridized carbons (Fsp3) is 0.300. The van der Waals surface area contributed by atoms with Crippen LogP contribution in [0.1, 0.15) is 45.5 Å². The Balaban J connectivity index is 1.81. The molecule has 3 nitrogen and oxygen atoms in total. The molecule has 0 atom stereocenters. The maximum Gasteiger partial charge on any atom is 0.254 e. The van der Waals surface area contributed by atoms with Gasteiger partial charge in [-0.2, -0.15) is 0 Å². The number of carbonyl (C=O) groups is 2. The molecule has 1 saturated heterocycles. The first-order valence-electron chi connectivity index (χ1n) is 8.31. The van der Waals surface area contributed by atoms with Gasteiger partial charge in [0.05, 0.1) is 5.56 Å². The van der Waals surface area contributed by atoms with Gasteiger partial charge in [-0.25, -0.2) is 0 Å². The second-order valence-corrected chi connectivity index (χ2v) is 6.56. The first kappa shape index (κ1) is 16.7. The second-order valence-electron chi connectivity index (χ2n) is 6.12. The van der Waals surface area contributed by atoms with Gasteiger partial charge in [0.15, 0.2) is 5.78 Å². The monoisotopic (exact) mass is 341 g/mol. The zero-order chi connectivity index (χ0) is 16.9. The summed E-state index contributed by atoms with van der Waals surface area (Å²) in [6, 6.07) is 14.4. The van der Waals surface area contributed by atoms with E-state index in [9.17, 15) is 9.59 Å². The smallest absolute Gasteiger partial charge is 0.254 e. The minimum atomic E-state index is -0.0433. The number of likely N-dealkylation sites (tertiary alicyclic amines) is 1. The number of halogens is 1. The highest BCUT2D eigenvalue weighted by atomic mass is 35.5. The molecule has 1 amide bonds. The van der Waals surface area contributed by atoms with Crippen molar-refractivity contribution in [3.05, 3.63) is 70.2 Å². The van der Waals surface area contributed by atoms with E-state index in [0.29, 0.717) is 16.1 Å². The van der Waals surface area contributed by atoms with Gasteiger partial charge in [-0.15, -0.1) is 0 Å². The standard InChI is InChI=1S/C20H20ClNO2/c21-16-10-8-15(9-11-16)14-19(23)17-6-2-3-7-18(17)20(24)22-12-4-1-5-13-22/h2-3,6-11H,1,4-5,12-14H2. The van der Waals surface area contributed by atoms with E-state index < -0.39 is 0 Å². The molecule has 1 aliphatic heterocycles. The summed E-state index contributed by atoms with van der Waals surface area (Å²) in [6.45, 7) is 1.55. The van der Waals surface area contributed by atoms with Gasteiger partial charge in [0, 0.05) is 30.1 Å². The van der Waals surface area contributed by atoms with Crippen LogP contribution in [0.25, 0.3) is 0 Å². The quantitative estimate of drug-likeness (QED) is 0.773. The number of nitrogens with zero attached hydrogens (tertiary/aromatic N) is 1. The number of carbonyl (C=O) groups excluding carboxylic acids is 2. The molecular weight excluding hydrogens is 322 g/mol. The van der Waals surface area contributed by atoms with Gasteiger partial charge >= 0.3 is 0 Å². The number of piperidine rings is 1. The number of Topliss-reactive ketones (excluding diaryl/α,β-unsaturated/α-hetero) is 1. The van der Waals surface area contributed by atoms with Crippen LogP contribution >= 0.6 is 11.6 Å². The van der Waals surface area contributed by atoms with Crippen molar-refractivity contribution in [3.63, 3.8) is 0 Å². The Kier molecular flexibility index (Phi) is 5.31. The molecule has 2 aromatic rings. The molecule has 0 unspecified atom stereocenters. The summed E-state index contributed by atoms with van der Waals surface area (Å²) in [5, 5.41) is 0.645. The number of rotatable bonds is 4. The molecule has 0 aliphatic carbocycles. The third-order valence-corrected chi connectivity index (χ3v) is 4.63. The predicted octanol–water partition coefficient (Wildman–Crippen LogP) is 4.39. The second kappa shape index (κ2) is 7.63. The van der Waals surface area contributed by atoms with Crippen LogP contribution in [0.4, 0.5) is 0 Å². The van der Waals surface area contributed by atoms with Crippen molar-refractivity contribution in [2.24, 2.45) is 0 Å². The Morgan fingerprint density at radius 1 is 0.875 bits per heavy atom. The van der Waals surface area contributed by atoms with E-state index in [2.05, 4.69) is 0 Å². The van der Waals surface area contributed by atoms with E-state index >= 15 is 0 Å². The first-order valence-corrected chi connectivity index (χ1v) is 8.69. The summed E-state index contributed by atoms with van der Waals surface area (Å²) in [5.41, 5.74) is 1.91. The van der Waals surface area contributed by atoms with Crippen LogP contribution < -0.4 is 0 Å². The van der Waals surface area contributed by atoms with Crippen molar-refractivity contribution in [2.45, 2.75) is 25.7 Å². The zero-order valence-electron chi connectivity index (χ0n) is 13.5. The van der Waals surface area contributed by atoms with Gasteiger partial charge in [-0.3, -0.25) is 9.59 Å². The fourth-order valence-electron chi connectivity index (χ4n) is 3.06. The molecular formula is C20H20ClNO2. The van der Waals surface area contributed by atoms with Gasteiger partial charge in [0.1, 0.15) is 0 Å². The van der Waals surface area contributed by atoms with Crippen molar-refractivity contribution >= 4 is 23.3 Å². The van der Waals surface area contributed by atoms with Gasteiger partial charge < -0.3 is 4.90 Å². The molecule has 24 heavy (non-hydrogen) atoms. The summed E-state index contributed by atoms with van der Waals surface area (Å²) in [7, 11) is 0. The number of ketones is 1. The van der Waals surface area contributed by atoms with Crippen LogP contribution in [0.2, 0.25) is 5.02 Å². The predicted molar refractivity (Wildman–Crippen MR) is 95.7 cm³/mol. The number of amides is 1. The van der Waals surface area contributed by atoms with Gasteiger partial charge in [0.25, 0.3) is 5.91 Å². The largest absolute Gasteiger partial charge is 0.339 e. The lowest BCUT2D eigenvalue weighted by Gasteiger charge is -2.27. The minimum absolute atomic E-state index is 0.0326. The Morgan fingerprint density at radius 2 is 1.50 bits per heavy atom. The summed E-state index contributed by atoms with van der Waals surface area (Å²) >= 11 is 5.88. The van der Waals surface area contributed by atoms with E-state index in [0.717, 1.165) is 31.5 Å². The molecule has 0 aromatic heterocycles. The lowest BCUT2D eigenvalue weighted by Crippen LogP contribution is -2.36. The Hall–Kier alpha value is -2.13. The van der Waals surface area contributed by atoms with Crippen molar-refractivity contribution in [1.82, 2.24) is 4.90 Å². The van der Waals surface area contributed by atoms with E-state index in [1.54, 1.807) is 24.3 Å². The molecule has 1 fully saturated rings. The number of hydrogen-bond acceptors (Lipinski definition) is 2. The molecule has 2 aromatic carbocycles. The van der Waals surface area contributed by atoms with Gasteiger partial charge in [-0.05, 0) is 43.0 Å². The summed E-state index contributed by atoms with van der Waals surface area (Å²) < 4.78 is 0. The number of benzene rings is 2. The normalized spacial score (nSPS) is 14.5. The summed E-state index contributed by atoms with van der Waals surface area (Å²) in [4.78, 5) is 27.3. The summed E-state index contributed by atoms with van der Waals surface area (Å²) in [6.07, 6.45) is 3.50. The molecule has 0 radical (unpaired) electrons. The average Bonchev–Trinajstić information content (AvgIpc) is 2.63. The molecule has 124 valence electrons. The van der Waals surface area contributed by atoms with Crippen LogP contribution in [0.15, 0.2) is 48.5 Å². The molecule has 1 heterocycles. The molecule has 0 spiro atoms. The number of hydrogen-bond donors (Lipinski definition) is 0. The van der Waals surface area contributed by atoms with Crippen molar-refractivity contribution in [3.8, 4) is 0 Å². The van der Waals surface area contributed by atoms with E-state index in [4.69, 9.17) is 11.6 Å². The molecule has 1 aliphatic rings. The molecule has 0 N–H and O–H groups in total. The van der Waals surface area contributed by atoms with Crippen molar-refractivity contribution in [2.75, 3.05) is 13.1 Å². The lowest BCUT2D eigenvalue weighted by molar-refractivity contribution is 0.0719. The topological polar surface area (TPSA) is 37.4 Å². The van der Waals surface area contributed by atoms with Gasteiger partial charge in [0.2, 0.25) is 0 Å². The molecule has 0 saturated carbocycles. The van der Waals surface area contributed by atoms with E-state index in [-0.39, 0.29) is 18.1 Å². The zero-order valence-corrected chi connectivity index (χ0v) is 14.3. The molecule has 4 heteroatoms.